The molecule has 0 atom stereocenters. The fraction of sp³-hybridized carbons (Fsp3) is 0.192. The van der Waals surface area contributed by atoms with Gasteiger partial charge in [0.1, 0.15) is 11.6 Å². The minimum absolute atomic E-state index is 0.149. The molecule has 0 aromatic heterocycles. The number of hydrogen-bond donors (Lipinski definition) is 2. The second-order valence-electron chi connectivity index (χ2n) is 7.37. The van der Waals surface area contributed by atoms with Crippen molar-refractivity contribution in [1.29, 1.82) is 0 Å². The molecule has 2 N–H and O–H groups in total. The fourth-order valence-electron chi connectivity index (χ4n) is 3.12. The maximum atomic E-state index is 13.2. The van der Waals surface area contributed by atoms with Crippen molar-refractivity contribution in [3.8, 4) is 5.75 Å². The molecule has 0 saturated heterocycles. The Morgan fingerprint density at radius 1 is 0.912 bits per heavy atom. The summed E-state index contributed by atoms with van der Waals surface area (Å²) in [4.78, 5) is 36.0. The summed E-state index contributed by atoms with van der Waals surface area (Å²) < 4.78 is 22.9. The van der Waals surface area contributed by atoms with Crippen LogP contribution in [0.3, 0.4) is 0 Å². The quantitative estimate of drug-likeness (QED) is 0.348. The summed E-state index contributed by atoms with van der Waals surface area (Å²) in [5.74, 6) is -0.536. The summed E-state index contributed by atoms with van der Waals surface area (Å²) in [6.07, 6.45) is -0.114. The van der Waals surface area contributed by atoms with Crippen molar-refractivity contribution in [2.24, 2.45) is 0 Å². The van der Waals surface area contributed by atoms with E-state index in [2.05, 4.69) is 10.6 Å². The molecule has 0 radical (unpaired) electrons. The fourth-order valence-corrected chi connectivity index (χ4v) is 3.12. The van der Waals surface area contributed by atoms with E-state index in [4.69, 9.17) is 9.47 Å². The van der Waals surface area contributed by atoms with E-state index in [1.54, 1.807) is 37.3 Å². The van der Waals surface area contributed by atoms with Crippen LogP contribution in [-0.4, -0.2) is 24.6 Å². The number of rotatable bonds is 9. The van der Waals surface area contributed by atoms with E-state index in [-0.39, 0.29) is 36.4 Å². The highest BCUT2D eigenvalue weighted by atomic mass is 19.1. The summed E-state index contributed by atoms with van der Waals surface area (Å²) in [6.45, 7) is 2.18. The molecule has 3 aromatic rings. The van der Waals surface area contributed by atoms with Crippen molar-refractivity contribution in [2.45, 2.75) is 26.3 Å². The molecule has 0 bridgehead atoms. The first-order chi connectivity index (χ1) is 16.4. The van der Waals surface area contributed by atoms with Gasteiger partial charge in [-0.1, -0.05) is 24.3 Å². The Balaban J connectivity index is 1.49. The maximum Gasteiger partial charge on any atom is 0.513 e. The molecule has 0 spiro atoms. The van der Waals surface area contributed by atoms with E-state index in [1.165, 1.54) is 36.4 Å². The molecule has 176 valence electrons. The van der Waals surface area contributed by atoms with E-state index >= 15 is 0 Å². The molecule has 2 amide bonds. The summed E-state index contributed by atoms with van der Waals surface area (Å²) in [6, 6.07) is 19.4. The third-order valence-corrected chi connectivity index (χ3v) is 4.78. The first-order valence-corrected chi connectivity index (χ1v) is 10.8. The van der Waals surface area contributed by atoms with E-state index < -0.39 is 6.16 Å². The van der Waals surface area contributed by atoms with Gasteiger partial charge in [0.05, 0.1) is 6.61 Å². The predicted molar refractivity (Wildman–Crippen MR) is 125 cm³/mol. The zero-order valence-corrected chi connectivity index (χ0v) is 18.7. The molecule has 8 heteroatoms. The standard InChI is InChI=1S/C26H25FN2O5/c1-2-33-26(32)34-23-12-10-20(11-13-23)25(31)29-22-8-4-6-19(16-22)17-28-24(30)14-9-18-5-3-7-21(27)15-18/h3-8,10-13,15-16H,2,9,14,17H2,1H3,(H,28,30)(H,29,31). The van der Waals surface area contributed by atoms with Crippen LogP contribution in [0, 0.1) is 5.82 Å². The molecule has 7 nitrogen and oxygen atoms in total. The van der Waals surface area contributed by atoms with Crippen LogP contribution < -0.4 is 15.4 Å². The number of anilines is 1. The molecular weight excluding hydrogens is 439 g/mol. The van der Waals surface area contributed by atoms with Gasteiger partial charge in [0, 0.05) is 24.2 Å². The van der Waals surface area contributed by atoms with Crippen LogP contribution in [0.2, 0.25) is 0 Å². The molecule has 0 aliphatic carbocycles. The molecule has 0 fully saturated rings. The van der Waals surface area contributed by atoms with Gasteiger partial charge < -0.3 is 20.1 Å². The molecule has 0 aliphatic rings. The van der Waals surface area contributed by atoms with Gasteiger partial charge in [0.25, 0.3) is 5.91 Å². The van der Waals surface area contributed by atoms with Crippen molar-refractivity contribution < 1.29 is 28.2 Å². The first kappa shape index (κ1) is 24.4. The van der Waals surface area contributed by atoms with E-state index in [0.717, 1.165) is 11.1 Å². The number of aryl methyl sites for hydroxylation is 1. The zero-order chi connectivity index (χ0) is 24.3. The lowest BCUT2D eigenvalue weighted by Crippen LogP contribution is -2.23. The number of ether oxygens (including phenoxy) is 2. The van der Waals surface area contributed by atoms with Gasteiger partial charge in [-0.25, -0.2) is 9.18 Å². The Bertz CT molecular complexity index is 1150. The van der Waals surface area contributed by atoms with Gasteiger partial charge in [-0.2, -0.15) is 0 Å². The third kappa shape index (κ3) is 7.74. The lowest BCUT2D eigenvalue weighted by Gasteiger charge is -2.10. The van der Waals surface area contributed by atoms with E-state index in [1.807, 2.05) is 6.07 Å². The summed E-state index contributed by atoms with van der Waals surface area (Å²) in [7, 11) is 0. The van der Waals surface area contributed by atoms with Crippen LogP contribution in [0.25, 0.3) is 0 Å². The summed E-state index contributed by atoms with van der Waals surface area (Å²) in [5, 5.41) is 5.63. The predicted octanol–water partition coefficient (Wildman–Crippen LogP) is 4.86. The molecule has 0 aliphatic heterocycles. The molecule has 3 aromatic carbocycles. The van der Waals surface area contributed by atoms with Gasteiger partial charge in [-0.05, 0) is 73.0 Å². The number of benzene rings is 3. The largest absolute Gasteiger partial charge is 0.513 e. The average Bonchev–Trinajstić information content (AvgIpc) is 2.82. The van der Waals surface area contributed by atoms with Crippen molar-refractivity contribution in [3.05, 3.63) is 95.3 Å². The topological polar surface area (TPSA) is 93.7 Å². The average molecular weight is 464 g/mol. The van der Waals surface area contributed by atoms with Gasteiger partial charge in [0.15, 0.2) is 0 Å². The second-order valence-corrected chi connectivity index (χ2v) is 7.37. The van der Waals surface area contributed by atoms with Crippen molar-refractivity contribution in [3.63, 3.8) is 0 Å². The van der Waals surface area contributed by atoms with Crippen molar-refractivity contribution in [2.75, 3.05) is 11.9 Å². The molecule has 3 rings (SSSR count). The minimum Gasteiger partial charge on any atom is -0.434 e. The van der Waals surface area contributed by atoms with Crippen molar-refractivity contribution in [1.82, 2.24) is 5.32 Å². The number of carbonyl (C=O) groups excluding carboxylic acids is 3. The third-order valence-electron chi connectivity index (χ3n) is 4.78. The number of nitrogens with one attached hydrogen (secondary N) is 2. The number of amides is 2. The van der Waals surface area contributed by atoms with Crippen LogP contribution in [0.4, 0.5) is 14.9 Å². The van der Waals surface area contributed by atoms with Crippen LogP contribution >= 0.6 is 0 Å². The maximum absolute atomic E-state index is 13.2. The monoisotopic (exact) mass is 464 g/mol. The summed E-state index contributed by atoms with van der Waals surface area (Å²) in [5.41, 5.74) is 2.53. The normalized spacial score (nSPS) is 10.3. The SMILES string of the molecule is CCOC(=O)Oc1ccc(C(=O)Nc2cccc(CNC(=O)CCc3cccc(F)c3)c2)cc1. The molecular formula is C26H25FN2O5. The molecule has 34 heavy (non-hydrogen) atoms. The summed E-state index contributed by atoms with van der Waals surface area (Å²) >= 11 is 0. The van der Waals surface area contributed by atoms with E-state index in [0.29, 0.717) is 24.2 Å². The highest BCUT2D eigenvalue weighted by Crippen LogP contribution is 2.16. The minimum atomic E-state index is -0.808. The Labute approximate surface area is 196 Å². The van der Waals surface area contributed by atoms with Gasteiger partial charge in [0.2, 0.25) is 5.91 Å². The van der Waals surface area contributed by atoms with Crippen LogP contribution in [0.1, 0.15) is 34.8 Å². The number of halogens is 1. The second kappa shape index (κ2) is 12.2. The lowest BCUT2D eigenvalue weighted by atomic mass is 10.1. The van der Waals surface area contributed by atoms with Gasteiger partial charge >= 0.3 is 6.16 Å². The van der Waals surface area contributed by atoms with Gasteiger partial charge in [-0.3, -0.25) is 9.59 Å². The van der Waals surface area contributed by atoms with Crippen LogP contribution in [-0.2, 0) is 22.5 Å². The highest BCUT2D eigenvalue weighted by molar-refractivity contribution is 6.04. The van der Waals surface area contributed by atoms with Gasteiger partial charge in [-0.15, -0.1) is 0 Å². The smallest absolute Gasteiger partial charge is 0.434 e. The molecule has 0 saturated carbocycles. The zero-order valence-electron chi connectivity index (χ0n) is 18.7. The molecule has 0 heterocycles. The Hall–Kier alpha value is -4.20. The Kier molecular flexibility index (Phi) is 8.73. The Morgan fingerprint density at radius 3 is 2.38 bits per heavy atom. The number of hydrogen-bond acceptors (Lipinski definition) is 5. The molecule has 0 unspecified atom stereocenters. The van der Waals surface area contributed by atoms with Crippen LogP contribution in [0.5, 0.6) is 5.75 Å². The highest BCUT2D eigenvalue weighted by Gasteiger charge is 2.10. The first-order valence-electron chi connectivity index (χ1n) is 10.8. The lowest BCUT2D eigenvalue weighted by molar-refractivity contribution is -0.121. The Morgan fingerprint density at radius 2 is 1.65 bits per heavy atom. The van der Waals surface area contributed by atoms with Crippen molar-refractivity contribution >= 4 is 23.7 Å². The van der Waals surface area contributed by atoms with E-state index in [9.17, 15) is 18.8 Å². The van der Waals surface area contributed by atoms with Crippen LogP contribution in [0.15, 0.2) is 72.8 Å². The number of carbonyl (C=O) groups is 3.